The third-order valence-corrected chi connectivity index (χ3v) is 3.22. The molecule has 1 fully saturated rings. The first-order valence-corrected chi connectivity index (χ1v) is 6.21. The van der Waals surface area contributed by atoms with Crippen LogP contribution in [-0.2, 0) is 11.2 Å². The van der Waals surface area contributed by atoms with Crippen LogP contribution < -0.4 is 5.32 Å². The summed E-state index contributed by atoms with van der Waals surface area (Å²) in [5, 5.41) is 12.6. The van der Waals surface area contributed by atoms with Crippen LogP contribution in [0, 0.1) is 0 Å². The number of aromatic amines is 1. The third kappa shape index (κ3) is 3.56. The first-order chi connectivity index (χ1) is 8.25. The fraction of sp³-hybridized carbons (Fsp3) is 0.667. The Bertz CT molecular complexity index is 351. The number of nitrogens with one attached hydrogen (secondary N) is 2. The number of hydrogen-bond acceptors (Lipinski definition) is 3. The second-order valence-corrected chi connectivity index (χ2v) is 4.56. The quantitative estimate of drug-likeness (QED) is 0.723. The van der Waals surface area contributed by atoms with Crippen molar-refractivity contribution >= 4 is 5.91 Å². The highest BCUT2D eigenvalue weighted by Gasteiger charge is 2.24. The van der Waals surface area contributed by atoms with E-state index in [1.54, 1.807) is 12.4 Å². The largest absolute Gasteiger partial charge is 0.391 e. The number of hydrogen-bond donors (Lipinski definition) is 3. The smallest absolute Gasteiger partial charge is 0.220 e. The fourth-order valence-corrected chi connectivity index (χ4v) is 2.23. The summed E-state index contributed by atoms with van der Waals surface area (Å²) in [4.78, 5) is 18.7. The zero-order valence-corrected chi connectivity index (χ0v) is 9.85. The van der Waals surface area contributed by atoms with Gasteiger partial charge in [-0.3, -0.25) is 4.79 Å². The summed E-state index contributed by atoms with van der Waals surface area (Å²) in [6.45, 7) is 0. The molecule has 3 N–H and O–H groups in total. The predicted molar refractivity (Wildman–Crippen MR) is 63.3 cm³/mol. The van der Waals surface area contributed by atoms with E-state index in [1.165, 1.54) is 0 Å². The first-order valence-electron chi connectivity index (χ1n) is 6.21. The summed E-state index contributed by atoms with van der Waals surface area (Å²) in [5.74, 6) is 0.816. The molecule has 1 aliphatic carbocycles. The third-order valence-electron chi connectivity index (χ3n) is 3.22. The lowest BCUT2D eigenvalue weighted by molar-refractivity contribution is -0.123. The van der Waals surface area contributed by atoms with Crippen molar-refractivity contribution < 1.29 is 9.90 Å². The predicted octanol–water partition coefficient (Wildman–Crippen LogP) is 0.762. The molecule has 0 saturated heterocycles. The number of aryl methyl sites for hydroxylation is 1. The number of aliphatic hydroxyl groups is 1. The van der Waals surface area contributed by atoms with Crippen molar-refractivity contribution in [2.45, 2.75) is 50.7 Å². The van der Waals surface area contributed by atoms with Crippen LogP contribution in [0.4, 0.5) is 0 Å². The first kappa shape index (κ1) is 12.1. The van der Waals surface area contributed by atoms with Crippen molar-refractivity contribution in [1.82, 2.24) is 15.3 Å². The molecule has 0 spiro atoms. The van der Waals surface area contributed by atoms with Gasteiger partial charge in [0.05, 0.1) is 12.1 Å². The maximum Gasteiger partial charge on any atom is 0.220 e. The summed E-state index contributed by atoms with van der Waals surface area (Å²) >= 11 is 0. The zero-order valence-electron chi connectivity index (χ0n) is 9.85. The molecule has 1 aromatic rings. The topological polar surface area (TPSA) is 78.0 Å². The molecule has 1 amide bonds. The van der Waals surface area contributed by atoms with Gasteiger partial charge in [-0.1, -0.05) is 12.8 Å². The highest BCUT2D eigenvalue weighted by atomic mass is 16.3. The Morgan fingerprint density at radius 1 is 1.53 bits per heavy atom. The van der Waals surface area contributed by atoms with Crippen molar-refractivity contribution in [2.75, 3.05) is 0 Å². The minimum absolute atomic E-state index is 0.00708. The average Bonchev–Trinajstić information content (AvgIpc) is 2.82. The van der Waals surface area contributed by atoms with E-state index in [2.05, 4.69) is 15.3 Å². The molecule has 5 heteroatoms. The van der Waals surface area contributed by atoms with E-state index < -0.39 is 0 Å². The van der Waals surface area contributed by atoms with E-state index >= 15 is 0 Å². The van der Waals surface area contributed by atoms with Crippen molar-refractivity contribution in [3.05, 3.63) is 18.2 Å². The van der Waals surface area contributed by atoms with Crippen LogP contribution in [0.15, 0.2) is 12.4 Å². The van der Waals surface area contributed by atoms with Gasteiger partial charge in [0.15, 0.2) is 0 Å². The van der Waals surface area contributed by atoms with E-state index in [0.29, 0.717) is 12.8 Å². The highest BCUT2D eigenvalue weighted by Crippen LogP contribution is 2.18. The van der Waals surface area contributed by atoms with Crippen LogP contribution >= 0.6 is 0 Å². The zero-order chi connectivity index (χ0) is 12.1. The fourth-order valence-electron chi connectivity index (χ4n) is 2.23. The molecule has 2 rings (SSSR count). The molecule has 2 atom stereocenters. The molecule has 0 unspecified atom stereocenters. The molecular formula is C12H19N3O2. The average molecular weight is 237 g/mol. The summed E-state index contributed by atoms with van der Waals surface area (Å²) < 4.78 is 0. The number of H-pyrrole nitrogens is 1. The number of nitrogens with zero attached hydrogens (tertiary/aromatic N) is 1. The van der Waals surface area contributed by atoms with Gasteiger partial charge in [-0.25, -0.2) is 4.98 Å². The van der Waals surface area contributed by atoms with Gasteiger partial charge in [-0.2, -0.15) is 0 Å². The Morgan fingerprint density at radius 2 is 2.35 bits per heavy atom. The Balaban J connectivity index is 1.73. The van der Waals surface area contributed by atoms with Crippen LogP contribution in [0.5, 0.6) is 0 Å². The molecule has 1 aliphatic rings. The molecule has 1 heterocycles. The molecule has 1 saturated carbocycles. The standard InChI is InChI=1S/C12H19N3O2/c16-10-4-2-1-3-9(10)15-12(17)6-5-11-13-7-8-14-11/h7-10,16H,1-6H2,(H,13,14)(H,15,17)/t9-,10-/m1/s1. The number of imidazole rings is 1. The van der Waals surface area contributed by atoms with Gasteiger partial charge in [0.25, 0.3) is 0 Å². The van der Waals surface area contributed by atoms with E-state index in [9.17, 15) is 9.90 Å². The SMILES string of the molecule is O=C(CCc1ncc[nH]1)N[C@@H]1CCCC[C@H]1O. The second-order valence-electron chi connectivity index (χ2n) is 4.56. The van der Waals surface area contributed by atoms with Crippen molar-refractivity contribution in [3.8, 4) is 0 Å². The minimum Gasteiger partial charge on any atom is -0.391 e. The van der Waals surface area contributed by atoms with Gasteiger partial charge in [0.1, 0.15) is 5.82 Å². The van der Waals surface area contributed by atoms with E-state index in [-0.39, 0.29) is 18.1 Å². The van der Waals surface area contributed by atoms with Gasteiger partial charge >= 0.3 is 0 Å². The number of carbonyl (C=O) groups excluding carboxylic acids is 1. The monoisotopic (exact) mass is 237 g/mol. The molecule has 0 aliphatic heterocycles. The molecular weight excluding hydrogens is 218 g/mol. The minimum atomic E-state index is -0.378. The van der Waals surface area contributed by atoms with Gasteiger partial charge < -0.3 is 15.4 Å². The lowest BCUT2D eigenvalue weighted by Gasteiger charge is -2.28. The number of aromatic nitrogens is 2. The highest BCUT2D eigenvalue weighted by molar-refractivity contribution is 5.76. The second kappa shape index (κ2) is 5.82. The van der Waals surface area contributed by atoms with Gasteiger partial charge in [0.2, 0.25) is 5.91 Å². The normalized spacial score (nSPS) is 24.5. The summed E-state index contributed by atoms with van der Waals surface area (Å²) in [5.41, 5.74) is 0. The van der Waals surface area contributed by atoms with Crippen LogP contribution in [0.2, 0.25) is 0 Å². The molecule has 5 nitrogen and oxygen atoms in total. The number of rotatable bonds is 4. The van der Waals surface area contributed by atoms with Crippen molar-refractivity contribution in [2.24, 2.45) is 0 Å². The molecule has 94 valence electrons. The van der Waals surface area contributed by atoms with Crippen molar-refractivity contribution in [1.29, 1.82) is 0 Å². The Kier molecular flexibility index (Phi) is 4.14. The Labute approximate surface area is 101 Å². The number of carbonyl (C=O) groups is 1. The van der Waals surface area contributed by atoms with Gasteiger partial charge in [-0.05, 0) is 12.8 Å². The molecule has 0 bridgehead atoms. The Morgan fingerprint density at radius 3 is 3.06 bits per heavy atom. The lowest BCUT2D eigenvalue weighted by atomic mass is 9.92. The van der Waals surface area contributed by atoms with Crippen LogP contribution in [0.25, 0.3) is 0 Å². The van der Waals surface area contributed by atoms with Crippen LogP contribution in [0.1, 0.15) is 37.9 Å². The van der Waals surface area contributed by atoms with Gasteiger partial charge in [-0.15, -0.1) is 0 Å². The van der Waals surface area contributed by atoms with Crippen LogP contribution in [-0.4, -0.2) is 33.1 Å². The lowest BCUT2D eigenvalue weighted by Crippen LogP contribution is -2.45. The molecule has 0 aromatic carbocycles. The summed E-state index contributed by atoms with van der Waals surface area (Å²) in [7, 11) is 0. The van der Waals surface area contributed by atoms with Crippen molar-refractivity contribution in [3.63, 3.8) is 0 Å². The van der Waals surface area contributed by atoms with Crippen LogP contribution in [0.3, 0.4) is 0 Å². The summed E-state index contributed by atoms with van der Waals surface area (Å²) in [6, 6.07) is -0.0622. The Hall–Kier alpha value is -1.36. The van der Waals surface area contributed by atoms with Gasteiger partial charge in [0, 0.05) is 25.2 Å². The summed E-state index contributed by atoms with van der Waals surface area (Å²) in [6.07, 6.45) is 7.89. The molecule has 17 heavy (non-hydrogen) atoms. The molecule has 0 radical (unpaired) electrons. The van der Waals surface area contributed by atoms with E-state index in [1.807, 2.05) is 0 Å². The molecule has 1 aromatic heterocycles. The maximum absolute atomic E-state index is 11.7. The van der Waals surface area contributed by atoms with E-state index in [0.717, 1.165) is 31.5 Å². The number of aliphatic hydroxyl groups excluding tert-OH is 1. The van der Waals surface area contributed by atoms with E-state index in [4.69, 9.17) is 0 Å². The number of amides is 1. The maximum atomic E-state index is 11.7.